The molecular formula is C28H31N7O. The van der Waals surface area contributed by atoms with E-state index >= 15 is 0 Å². The molecule has 5 heterocycles. The Morgan fingerprint density at radius 2 is 1.89 bits per heavy atom. The van der Waals surface area contributed by atoms with Gasteiger partial charge in [-0.15, -0.1) is 0 Å². The zero-order chi connectivity index (χ0) is 25.2. The molecule has 4 aromatic rings. The summed E-state index contributed by atoms with van der Waals surface area (Å²) in [7, 11) is 1.90. The van der Waals surface area contributed by atoms with Gasteiger partial charge >= 0.3 is 0 Å². The summed E-state index contributed by atoms with van der Waals surface area (Å²) in [6, 6.07) is 10.4. The second-order valence-corrected chi connectivity index (χ2v) is 9.72. The minimum absolute atomic E-state index is 0.102. The normalized spacial score (nSPS) is 17.8. The first-order valence-electron chi connectivity index (χ1n) is 12.4. The second-order valence-electron chi connectivity index (χ2n) is 9.72. The Labute approximate surface area is 211 Å². The lowest BCUT2D eigenvalue weighted by Crippen LogP contribution is -2.44. The van der Waals surface area contributed by atoms with E-state index in [4.69, 9.17) is 15.0 Å². The summed E-state index contributed by atoms with van der Waals surface area (Å²) in [5.74, 6) is 0.999. The van der Waals surface area contributed by atoms with Crippen molar-refractivity contribution in [3.05, 3.63) is 77.9 Å². The van der Waals surface area contributed by atoms with Crippen LogP contribution < -0.4 is 0 Å². The van der Waals surface area contributed by atoms with Crippen molar-refractivity contribution in [1.29, 1.82) is 0 Å². The summed E-state index contributed by atoms with van der Waals surface area (Å²) in [6.07, 6.45) is 9.95. The Morgan fingerprint density at radius 3 is 2.61 bits per heavy atom. The lowest BCUT2D eigenvalue weighted by atomic mass is 9.92. The molecule has 0 saturated carbocycles. The summed E-state index contributed by atoms with van der Waals surface area (Å²) in [5, 5.41) is 4.29. The van der Waals surface area contributed by atoms with Gasteiger partial charge in [0, 0.05) is 80.0 Å². The molecule has 1 aliphatic heterocycles. The predicted molar refractivity (Wildman–Crippen MR) is 138 cm³/mol. The number of hydrogen-bond donors (Lipinski definition) is 0. The first-order valence-corrected chi connectivity index (χ1v) is 12.4. The van der Waals surface area contributed by atoms with Crippen LogP contribution in [0.2, 0.25) is 0 Å². The maximum Gasteiger partial charge on any atom is 0.219 e. The summed E-state index contributed by atoms with van der Waals surface area (Å²) in [5.41, 5.74) is 6.72. The van der Waals surface area contributed by atoms with Crippen LogP contribution in [0.25, 0.3) is 22.5 Å². The van der Waals surface area contributed by atoms with Gasteiger partial charge in [0.1, 0.15) is 5.82 Å². The van der Waals surface area contributed by atoms with E-state index in [0.717, 1.165) is 58.1 Å². The minimum atomic E-state index is 0.102. The molecule has 0 N–H and O–H groups in total. The molecule has 36 heavy (non-hydrogen) atoms. The topological polar surface area (TPSA) is 89.7 Å². The first kappa shape index (κ1) is 23.8. The number of carbonyl (C=O) groups excluding carboxylic acids is 1. The van der Waals surface area contributed by atoms with Crippen molar-refractivity contribution in [3.63, 3.8) is 0 Å². The number of likely N-dealkylation sites (tertiary alicyclic amines) is 1. The Hall–Kier alpha value is -3.94. The molecule has 0 aliphatic carbocycles. The maximum absolute atomic E-state index is 12.2. The van der Waals surface area contributed by atoms with E-state index in [-0.39, 0.29) is 17.9 Å². The van der Waals surface area contributed by atoms with Crippen molar-refractivity contribution < 1.29 is 4.79 Å². The molecular weight excluding hydrogens is 450 g/mol. The van der Waals surface area contributed by atoms with Gasteiger partial charge in [-0.1, -0.05) is 0 Å². The molecule has 0 aromatic carbocycles. The smallest absolute Gasteiger partial charge is 0.219 e. The molecule has 0 unspecified atom stereocenters. The largest absolute Gasteiger partial charge is 0.340 e. The Morgan fingerprint density at radius 1 is 1.06 bits per heavy atom. The van der Waals surface area contributed by atoms with E-state index in [9.17, 15) is 4.79 Å². The van der Waals surface area contributed by atoms with Crippen LogP contribution in [0.4, 0.5) is 0 Å². The van der Waals surface area contributed by atoms with Crippen molar-refractivity contribution in [2.24, 2.45) is 7.05 Å². The minimum Gasteiger partial charge on any atom is -0.340 e. The average molecular weight is 482 g/mol. The molecule has 1 amide bonds. The SMILES string of the molecule is CC(=O)N1C[C@H](c2nc(Cc3cc(C)nc(-c4cnn(C)c4)c3)cc(-c3cccnc3)n2)CC[C@@H]1C. The van der Waals surface area contributed by atoms with E-state index < -0.39 is 0 Å². The fraction of sp³-hybridized carbons (Fsp3) is 0.357. The van der Waals surface area contributed by atoms with Gasteiger partial charge < -0.3 is 4.90 Å². The monoisotopic (exact) mass is 481 g/mol. The van der Waals surface area contributed by atoms with Gasteiger partial charge in [-0.3, -0.25) is 19.4 Å². The van der Waals surface area contributed by atoms with Crippen molar-refractivity contribution in [2.75, 3.05) is 6.54 Å². The van der Waals surface area contributed by atoms with E-state index in [1.807, 2.05) is 55.7 Å². The van der Waals surface area contributed by atoms with Crippen molar-refractivity contribution in [1.82, 2.24) is 34.6 Å². The third kappa shape index (κ3) is 5.17. The van der Waals surface area contributed by atoms with Crippen LogP contribution in [0.15, 0.2) is 55.1 Å². The zero-order valence-corrected chi connectivity index (χ0v) is 21.2. The molecule has 0 bridgehead atoms. The highest BCUT2D eigenvalue weighted by Gasteiger charge is 2.30. The van der Waals surface area contributed by atoms with Crippen LogP contribution in [-0.4, -0.2) is 53.1 Å². The summed E-state index contributed by atoms with van der Waals surface area (Å²) >= 11 is 0. The van der Waals surface area contributed by atoms with Crippen molar-refractivity contribution in [2.45, 2.75) is 52.0 Å². The number of aryl methyl sites for hydroxylation is 2. The number of aromatic nitrogens is 6. The number of piperidine rings is 1. The van der Waals surface area contributed by atoms with E-state index in [1.165, 1.54) is 0 Å². The van der Waals surface area contributed by atoms with Gasteiger partial charge in [-0.2, -0.15) is 5.10 Å². The first-order chi connectivity index (χ1) is 17.4. The third-order valence-corrected chi connectivity index (χ3v) is 6.80. The molecule has 184 valence electrons. The molecule has 8 heteroatoms. The Kier molecular flexibility index (Phi) is 6.59. The van der Waals surface area contributed by atoms with Gasteiger partial charge in [-0.25, -0.2) is 9.97 Å². The summed E-state index contributed by atoms with van der Waals surface area (Å²) in [4.78, 5) is 33.2. The molecule has 8 nitrogen and oxygen atoms in total. The Balaban J connectivity index is 1.52. The fourth-order valence-corrected chi connectivity index (χ4v) is 4.96. The van der Waals surface area contributed by atoms with Gasteiger partial charge in [-0.05, 0) is 62.6 Å². The van der Waals surface area contributed by atoms with Gasteiger partial charge in [0.05, 0.1) is 17.6 Å². The fourth-order valence-electron chi connectivity index (χ4n) is 4.96. The van der Waals surface area contributed by atoms with Crippen LogP contribution in [-0.2, 0) is 18.3 Å². The average Bonchev–Trinajstić information content (AvgIpc) is 3.30. The molecule has 1 aliphatic rings. The van der Waals surface area contributed by atoms with Gasteiger partial charge in [0.25, 0.3) is 0 Å². The van der Waals surface area contributed by atoms with Crippen molar-refractivity contribution >= 4 is 5.91 Å². The second kappa shape index (κ2) is 9.97. The highest BCUT2D eigenvalue weighted by Crippen LogP contribution is 2.30. The molecule has 5 rings (SSSR count). The highest BCUT2D eigenvalue weighted by molar-refractivity contribution is 5.73. The van der Waals surface area contributed by atoms with E-state index in [0.29, 0.717) is 13.0 Å². The molecule has 0 spiro atoms. The zero-order valence-electron chi connectivity index (χ0n) is 21.2. The predicted octanol–water partition coefficient (Wildman–Crippen LogP) is 4.35. The number of nitrogens with zero attached hydrogens (tertiary/aromatic N) is 7. The standard InChI is InChI=1S/C28H31N7O/c1-18-10-21(12-26(31-18)24-15-30-34(4)16-24)11-25-13-27(22-6-5-9-29-14-22)33-28(32-25)23-8-7-19(2)35(17-23)20(3)36/h5-6,9-10,12-16,19,23H,7-8,11,17H2,1-4H3/t19-,23+/m0/s1. The summed E-state index contributed by atoms with van der Waals surface area (Å²) in [6.45, 7) is 6.41. The molecule has 4 aromatic heterocycles. The van der Waals surface area contributed by atoms with Gasteiger partial charge in [0.2, 0.25) is 5.91 Å². The van der Waals surface area contributed by atoms with Crippen LogP contribution in [0.5, 0.6) is 0 Å². The van der Waals surface area contributed by atoms with Crippen molar-refractivity contribution in [3.8, 4) is 22.5 Å². The van der Waals surface area contributed by atoms with Crippen LogP contribution >= 0.6 is 0 Å². The Bertz CT molecular complexity index is 1380. The van der Waals surface area contributed by atoms with Crippen LogP contribution in [0.1, 0.15) is 55.4 Å². The maximum atomic E-state index is 12.2. The van der Waals surface area contributed by atoms with Crippen LogP contribution in [0, 0.1) is 6.92 Å². The number of rotatable bonds is 5. The van der Waals surface area contributed by atoms with Gasteiger partial charge in [0.15, 0.2) is 0 Å². The highest BCUT2D eigenvalue weighted by atomic mass is 16.2. The number of carbonyl (C=O) groups is 1. The summed E-state index contributed by atoms with van der Waals surface area (Å²) < 4.78 is 1.78. The molecule has 1 fully saturated rings. The lowest BCUT2D eigenvalue weighted by Gasteiger charge is -2.37. The molecule has 2 atom stereocenters. The van der Waals surface area contributed by atoms with E-state index in [1.54, 1.807) is 17.8 Å². The third-order valence-electron chi connectivity index (χ3n) is 6.80. The number of pyridine rings is 2. The number of hydrogen-bond acceptors (Lipinski definition) is 6. The number of amides is 1. The molecule has 0 radical (unpaired) electrons. The lowest BCUT2D eigenvalue weighted by molar-refractivity contribution is -0.132. The molecule has 1 saturated heterocycles. The van der Waals surface area contributed by atoms with E-state index in [2.05, 4.69) is 29.1 Å². The van der Waals surface area contributed by atoms with Crippen LogP contribution in [0.3, 0.4) is 0 Å². The quantitative estimate of drug-likeness (QED) is 0.421.